The van der Waals surface area contributed by atoms with Crippen LogP contribution < -0.4 is 10.6 Å². The van der Waals surface area contributed by atoms with Crippen LogP contribution in [0.3, 0.4) is 0 Å². The smallest absolute Gasteiger partial charge is 0.290 e. The molecule has 0 spiro atoms. The van der Waals surface area contributed by atoms with Gasteiger partial charge in [-0.3, -0.25) is 29.1 Å². The highest BCUT2D eigenvalue weighted by Gasteiger charge is 2.19. The van der Waals surface area contributed by atoms with E-state index in [0.717, 1.165) is 85.4 Å². The van der Waals surface area contributed by atoms with Crippen LogP contribution in [0.25, 0.3) is 11.4 Å². The molecule has 2 atom stereocenters. The van der Waals surface area contributed by atoms with Crippen molar-refractivity contribution in [1.29, 1.82) is 0 Å². The summed E-state index contributed by atoms with van der Waals surface area (Å²) in [5.74, 6) is -0.295. The first-order chi connectivity index (χ1) is 30.2. The predicted octanol–water partition coefficient (Wildman–Crippen LogP) is 5.55. The molecule has 8 rings (SSSR count). The van der Waals surface area contributed by atoms with E-state index in [1.165, 1.54) is 11.1 Å². The van der Waals surface area contributed by atoms with Gasteiger partial charge in [-0.15, -0.1) is 0 Å². The van der Waals surface area contributed by atoms with Crippen molar-refractivity contribution in [3.63, 3.8) is 0 Å². The minimum atomic E-state index is -0.250. The summed E-state index contributed by atoms with van der Waals surface area (Å²) in [4.78, 5) is 50.2. The van der Waals surface area contributed by atoms with Gasteiger partial charge in [0, 0.05) is 63.5 Å². The van der Waals surface area contributed by atoms with E-state index in [0.29, 0.717) is 24.5 Å². The molecule has 16 heteroatoms. The van der Waals surface area contributed by atoms with Crippen molar-refractivity contribution >= 4 is 24.8 Å². The summed E-state index contributed by atoms with van der Waals surface area (Å²) in [6.45, 7) is 6.19. The van der Waals surface area contributed by atoms with Crippen LogP contribution in [0.15, 0.2) is 110 Å². The van der Waals surface area contributed by atoms with Gasteiger partial charge in [-0.1, -0.05) is 24.3 Å². The van der Waals surface area contributed by atoms with Crippen LogP contribution in [0.1, 0.15) is 80.0 Å². The van der Waals surface area contributed by atoms with Gasteiger partial charge in [0.05, 0.1) is 23.6 Å². The summed E-state index contributed by atoms with van der Waals surface area (Å²) < 4.78 is 14.8. The Balaban J connectivity index is 0.000000208. The van der Waals surface area contributed by atoms with E-state index in [-0.39, 0.29) is 37.0 Å². The molecule has 0 bridgehead atoms. The average Bonchev–Trinajstić information content (AvgIpc) is 4.15. The molecule has 324 valence electrons. The molecule has 0 saturated carbocycles. The lowest BCUT2D eigenvalue weighted by molar-refractivity contribution is -0.123. The number of carbonyl (C=O) groups excluding carboxylic acids is 2. The minimum Gasteiger partial charge on any atom is -0.483 e. The second-order valence-corrected chi connectivity index (χ2v) is 14.5. The molecule has 2 saturated heterocycles. The molecule has 0 aliphatic carbocycles. The fourth-order valence-electron chi connectivity index (χ4n) is 6.78. The Kier molecular flexibility index (Phi) is 18.0. The molecular formula is C46H52N8O8. The van der Waals surface area contributed by atoms with Crippen molar-refractivity contribution in [2.24, 2.45) is 0 Å². The Morgan fingerprint density at radius 3 is 1.39 bits per heavy atom. The van der Waals surface area contributed by atoms with E-state index < -0.39 is 0 Å². The first kappa shape index (κ1) is 46.0. The Bertz CT molecular complexity index is 2130. The number of aryl methyl sites for hydroxylation is 2. The van der Waals surface area contributed by atoms with E-state index in [2.05, 4.69) is 55.1 Å². The normalized spacial score (nSPS) is 15.1. The second kappa shape index (κ2) is 24.3. The molecule has 2 amide bonds. The van der Waals surface area contributed by atoms with Gasteiger partial charge < -0.3 is 30.3 Å². The number of pyridine rings is 2. The molecule has 16 nitrogen and oxygen atoms in total. The van der Waals surface area contributed by atoms with Crippen LogP contribution in [0.5, 0.6) is 0 Å². The number of nitrogens with zero attached hydrogens (tertiary/aromatic N) is 6. The van der Waals surface area contributed by atoms with Crippen LogP contribution in [-0.2, 0) is 31.9 Å². The molecular weight excluding hydrogens is 793 g/mol. The van der Waals surface area contributed by atoms with E-state index >= 15 is 0 Å². The standard InChI is InChI=1S/2C22H24N4O2.2CH2O2/c2*1-16-14-23-21(22(27)24-15-20-4-2-11-28-20)13-18(16)12-17-5-7-19(8-6-17)26-10-3-9-25-26;2*2-1-3/h2*3,5-10,13-14,20H,2,4,11-12,15H2,1H3,(H,24,27);2*1H,(H,2,3)/t2*20-;;/m00../s1. The maximum absolute atomic E-state index is 12.5. The first-order valence-corrected chi connectivity index (χ1v) is 20.3. The second-order valence-electron chi connectivity index (χ2n) is 14.5. The number of nitrogens with one attached hydrogen (secondary N) is 2. The van der Waals surface area contributed by atoms with Crippen molar-refractivity contribution < 1.29 is 38.9 Å². The number of benzene rings is 2. The largest absolute Gasteiger partial charge is 0.483 e. The number of amides is 2. The quantitative estimate of drug-likeness (QED) is 0.112. The Hall–Kier alpha value is -7.04. The van der Waals surface area contributed by atoms with Crippen LogP contribution >= 0.6 is 0 Å². The van der Waals surface area contributed by atoms with Crippen molar-refractivity contribution in [2.45, 2.75) is 64.6 Å². The molecule has 2 fully saturated rings. The highest BCUT2D eigenvalue weighted by Crippen LogP contribution is 2.19. The van der Waals surface area contributed by atoms with E-state index in [4.69, 9.17) is 29.3 Å². The topological polar surface area (TPSA) is 213 Å². The number of hydrogen-bond donors (Lipinski definition) is 4. The van der Waals surface area contributed by atoms with Crippen molar-refractivity contribution in [3.8, 4) is 11.4 Å². The zero-order valence-corrected chi connectivity index (χ0v) is 34.8. The summed E-state index contributed by atoms with van der Waals surface area (Å²) >= 11 is 0. The summed E-state index contributed by atoms with van der Waals surface area (Å²) in [6, 6.07) is 24.1. The molecule has 0 radical (unpaired) electrons. The predicted molar refractivity (Wildman–Crippen MR) is 231 cm³/mol. The summed E-state index contributed by atoms with van der Waals surface area (Å²) in [6.07, 6.45) is 16.8. The monoisotopic (exact) mass is 844 g/mol. The fraction of sp³-hybridized carbons (Fsp3) is 0.304. The zero-order valence-electron chi connectivity index (χ0n) is 34.8. The number of hydrogen-bond acceptors (Lipinski definition) is 10. The SMILES string of the molecule is Cc1cnc(C(=O)NC[C@@H]2CCCO2)cc1Cc1ccc(-n2cccn2)cc1.Cc1cnc(C(=O)NC[C@@H]2CCCO2)cc1Cc1ccc(-n2cccn2)cc1.O=CO.O=CO. The van der Waals surface area contributed by atoms with Crippen molar-refractivity contribution in [2.75, 3.05) is 26.3 Å². The Morgan fingerprint density at radius 2 is 1.06 bits per heavy atom. The van der Waals surface area contributed by atoms with Crippen LogP contribution in [0.2, 0.25) is 0 Å². The van der Waals surface area contributed by atoms with Gasteiger partial charge in [-0.25, -0.2) is 9.36 Å². The third-order valence-electron chi connectivity index (χ3n) is 10.1. The molecule has 4 aromatic heterocycles. The lowest BCUT2D eigenvalue weighted by Gasteiger charge is -2.12. The number of aromatic nitrogens is 6. The van der Waals surface area contributed by atoms with Crippen LogP contribution in [-0.4, -0.2) is 103 Å². The minimum absolute atomic E-state index is 0.127. The Labute approximate surface area is 360 Å². The average molecular weight is 845 g/mol. The highest BCUT2D eigenvalue weighted by atomic mass is 16.5. The maximum Gasteiger partial charge on any atom is 0.290 e. The van der Waals surface area contributed by atoms with Gasteiger partial charge in [0.15, 0.2) is 0 Å². The number of carbonyl (C=O) groups is 4. The van der Waals surface area contributed by atoms with Gasteiger partial charge >= 0.3 is 0 Å². The molecule has 4 N–H and O–H groups in total. The lowest BCUT2D eigenvalue weighted by atomic mass is 10.0. The lowest BCUT2D eigenvalue weighted by Crippen LogP contribution is -2.32. The molecule has 2 aromatic carbocycles. The zero-order chi connectivity index (χ0) is 44.1. The van der Waals surface area contributed by atoms with E-state index in [1.54, 1.807) is 24.8 Å². The molecule has 6 aromatic rings. The van der Waals surface area contributed by atoms with Gasteiger partial charge in [-0.2, -0.15) is 10.2 Å². The fourth-order valence-corrected chi connectivity index (χ4v) is 6.78. The Morgan fingerprint density at radius 1 is 0.677 bits per heavy atom. The van der Waals surface area contributed by atoms with Crippen LogP contribution in [0, 0.1) is 13.8 Å². The van der Waals surface area contributed by atoms with Gasteiger partial charge in [0.25, 0.3) is 24.8 Å². The number of carboxylic acid groups (broad SMARTS) is 2. The maximum atomic E-state index is 12.5. The van der Waals surface area contributed by atoms with Crippen LogP contribution in [0.4, 0.5) is 0 Å². The van der Waals surface area contributed by atoms with Gasteiger partial charge in [0.1, 0.15) is 11.4 Å². The van der Waals surface area contributed by atoms with Gasteiger partial charge in [0.2, 0.25) is 0 Å². The first-order valence-electron chi connectivity index (χ1n) is 20.3. The summed E-state index contributed by atoms with van der Waals surface area (Å²) in [5.41, 5.74) is 9.65. The third-order valence-corrected chi connectivity index (χ3v) is 10.1. The van der Waals surface area contributed by atoms with Crippen molar-refractivity contribution in [1.82, 2.24) is 40.2 Å². The number of ether oxygens (including phenoxy) is 2. The molecule has 6 heterocycles. The molecule has 2 aliphatic rings. The highest BCUT2D eigenvalue weighted by molar-refractivity contribution is 5.93. The van der Waals surface area contributed by atoms with Gasteiger partial charge in [-0.05, 0) is 134 Å². The molecule has 0 unspecified atom stereocenters. The third kappa shape index (κ3) is 14.0. The van der Waals surface area contributed by atoms with Crippen molar-refractivity contribution in [3.05, 3.63) is 155 Å². The van der Waals surface area contributed by atoms with E-state index in [9.17, 15) is 9.59 Å². The summed E-state index contributed by atoms with van der Waals surface area (Å²) in [5, 5.41) is 28.1. The molecule has 2 aliphatic heterocycles. The van der Waals surface area contributed by atoms with E-state index in [1.807, 2.05) is 84.1 Å². The summed E-state index contributed by atoms with van der Waals surface area (Å²) in [7, 11) is 0. The molecule has 62 heavy (non-hydrogen) atoms. The number of rotatable bonds is 12.